The van der Waals surface area contributed by atoms with Crippen LogP contribution in [0.5, 0.6) is 11.6 Å². The maximum Gasteiger partial charge on any atom is 0.237 e. The Bertz CT molecular complexity index is 1120. The average molecular weight is 377 g/mol. The Labute approximate surface area is 160 Å². The van der Waals surface area contributed by atoms with Crippen LogP contribution in [0.4, 0.5) is 0 Å². The van der Waals surface area contributed by atoms with Gasteiger partial charge >= 0.3 is 0 Å². The zero-order valence-electron chi connectivity index (χ0n) is 15.0. The molecule has 0 aliphatic heterocycles. The van der Waals surface area contributed by atoms with Crippen LogP contribution in [-0.4, -0.2) is 46.6 Å². The summed E-state index contributed by atoms with van der Waals surface area (Å²) in [6.07, 6.45) is 9.81. The second-order valence-corrected chi connectivity index (χ2v) is 6.87. The van der Waals surface area contributed by atoms with E-state index in [1.165, 1.54) is 4.80 Å². The highest BCUT2D eigenvalue weighted by Gasteiger charge is 2.26. The summed E-state index contributed by atoms with van der Waals surface area (Å²) in [5, 5.41) is 18.6. The van der Waals surface area contributed by atoms with Crippen LogP contribution in [0.25, 0.3) is 22.7 Å². The molecule has 2 atom stereocenters. The number of benzene rings is 1. The van der Waals surface area contributed by atoms with E-state index in [0.717, 1.165) is 19.3 Å². The Hall–Kier alpha value is -3.46. The number of hydrogen-bond donors (Lipinski definition) is 2. The molecule has 9 heteroatoms. The minimum absolute atomic E-state index is 0.00289. The molecule has 3 heterocycles. The van der Waals surface area contributed by atoms with Gasteiger partial charge in [-0.25, -0.2) is 4.98 Å². The molecule has 1 fully saturated rings. The third kappa shape index (κ3) is 2.95. The number of ether oxygens (including phenoxy) is 1. The van der Waals surface area contributed by atoms with Gasteiger partial charge in [0.15, 0.2) is 0 Å². The van der Waals surface area contributed by atoms with Gasteiger partial charge in [-0.05, 0) is 31.4 Å². The van der Waals surface area contributed by atoms with Crippen LogP contribution >= 0.6 is 0 Å². The number of nitrogens with zero attached hydrogens (tertiary/aromatic N) is 6. The maximum atomic E-state index is 10.5. The minimum atomic E-state index is -0.00289. The molecule has 0 bridgehead atoms. The van der Waals surface area contributed by atoms with Crippen molar-refractivity contribution in [3.05, 3.63) is 49.1 Å². The molecule has 0 amide bonds. The zero-order chi connectivity index (χ0) is 19.1. The van der Waals surface area contributed by atoms with Crippen molar-refractivity contribution in [3.63, 3.8) is 0 Å². The summed E-state index contributed by atoms with van der Waals surface area (Å²) in [6, 6.07) is 7.06. The van der Waals surface area contributed by atoms with Crippen LogP contribution in [0.15, 0.2) is 49.1 Å². The lowest BCUT2D eigenvalue weighted by atomic mass is 10.1. The van der Waals surface area contributed by atoms with Gasteiger partial charge in [-0.3, -0.25) is 4.40 Å². The molecule has 0 unspecified atom stereocenters. The van der Waals surface area contributed by atoms with Crippen LogP contribution in [0.1, 0.15) is 19.3 Å². The van der Waals surface area contributed by atoms with E-state index in [1.807, 2.05) is 18.5 Å². The van der Waals surface area contributed by atoms with E-state index < -0.39 is 0 Å². The van der Waals surface area contributed by atoms with Crippen LogP contribution in [-0.2, 0) is 0 Å². The number of phenols is 1. The molecule has 142 valence electrons. The van der Waals surface area contributed by atoms with Crippen molar-refractivity contribution >= 4 is 5.78 Å². The number of aromatic nitrogens is 6. The Morgan fingerprint density at radius 1 is 1.11 bits per heavy atom. The van der Waals surface area contributed by atoms with E-state index in [4.69, 9.17) is 10.5 Å². The highest BCUT2D eigenvalue weighted by atomic mass is 16.5. The van der Waals surface area contributed by atoms with Crippen molar-refractivity contribution in [1.82, 2.24) is 29.4 Å². The lowest BCUT2D eigenvalue weighted by Crippen LogP contribution is -2.33. The standard InChI is InChI=1S/C19H19N7O2/c20-14-2-1-3-17(14)28-18-6-9-25-11-15(23-19(25)24-18)13-5-4-12(10-16(13)27)26-21-7-8-22-26/h4-11,14,17,27H,1-3,20H2/t14-,17-/m0/s1. The maximum absolute atomic E-state index is 10.5. The van der Waals surface area contributed by atoms with E-state index in [-0.39, 0.29) is 17.9 Å². The van der Waals surface area contributed by atoms with Crippen LogP contribution in [0, 0.1) is 0 Å². The monoisotopic (exact) mass is 377 g/mol. The second kappa shape index (κ2) is 6.61. The lowest BCUT2D eigenvalue weighted by Gasteiger charge is -2.16. The molecule has 3 aromatic heterocycles. The fraction of sp³-hybridized carbons (Fsp3) is 0.263. The van der Waals surface area contributed by atoms with Crippen molar-refractivity contribution in [2.45, 2.75) is 31.4 Å². The van der Waals surface area contributed by atoms with Gasteiger partial charge in [0, 0.05) is 36.1 Å². The number of rotatable bonds is 4. The summed E-state index contributed by atoms with van der Waals surface area (Å²) >= 11 is 0. The van der Waals surface area contributed by atoms with E-state index in [2.05, 4.69) is 20.2 Å². The molecule has 9 nitrogen and oxygen atoms in total. The molecule has 0 radical (unpaired) electrons. The van der Waals surface area contributed by atoms with Gasteiger partial charge < -0.3 is 15.6 Å². The van der Waals surface area contributed by atoms with Gasteiger partial charge in [0.2, 0.25) is 11.7 Å². The fourth-order valence-corrected chi connectivity index (χ4v) is 3.52. The first-order chi connectivity index (χ1) is 13.7. The Balaban J connectivity index is 1.45. The molecular weight excluding hydrogens is 358 g/mol. The Morgan fingerprint density at radius 3 is 2.71 bits per heavy atom. The number of hydrogen-bond acceptors (Lipinski definition) is 7. The minimum Gasteiger partial charge on any atom is -0.507 e. The lowest BCUT2D eigenvalue weighted by molar-refractivity contribution is 0.184. The molecule has 28 heavy (non-hydrogen) atoms. The quantitative estimate of drug-likeness (QED) is 0.558. The molecular formula is C19H19N7O2. The first-order valence-electron chi connectivity index (χ1n) is 9.15. The van der Waals surface area contributed by atoms with E-state index in [0.29, 0.717) is 28.6 Å². The summed E-state index contributed by atoms with van der Waals surface area (Å²) in [4.78, 5) is 10.4. The largest absolute Gasteiger partial charge is 0.507 e. The van der Waals surface area contributed by atoms with Crippen molar-refractivity contribution in [2.75, 3.05) is 0 Å². The number of aromatic hydroxyl groups is 1. The molecule has 1 saturated carbocycles. The first-order valence-corrected chi connectivity index (χ1v) is 9.15. The van der Waals surface area contributed by atoms with Crippen molar-refractivity contribution in [1.29, 1.82) is 0 Å². The number of nitrogens with two attached hydrogens (primary N) is 1. The van der Waals surface area contributed by atoms with Gasteiger partial charge in [-0.15, -0.1) is 0 Å². The van der Waals surface area contributed by atoms with Crippen molar-refractivity contribution < 1.29 is 9.84 Å². The van der Waals surface area contributed by atoms with Gasteiger partial charge in [0.25, 0.3) is 0 Å². The Kier molecular flexibility index (Phi) is 3.94. The number of fused-ring (bicyclic) bond motifs is 1. The topological polar surface area (TPSA) is 116 Å². The van der Waals surface area contributed by atoms with Crippen molar-refractivity contribution in [3.8, 4) is 28.6 Å². The van der Waals surface area contributed by atoms with Crippen LogP contribution < -0.4 is 10.5 Å². The SMILES string of the molecule is N[C@H]1CCC[C@@H]1Oc1ccn2cc(-c3ccc(-n4nccn4)cc3O)nc2n1. The Morgan fingerprint density at radius 2 is 1.96 bits per heavy atom. The normalized spacial score (nSPS) is 19.3. The number of imidazole rings is 1. The fourth-order valence-electron chi connectivity index (χ4n) is 3.52. The third-order valence-corrected chi connectivity index (χ3v) is 4.98. The van der Waals surface area contributed by atoms with E-state index in [1.54, 1.807) is 35.0 Å². The number of phenolic OH excluding ortho intramolecular Hbond substituents is 1. The highest BCUT2D eigenvalue weighted by molar-refractivity contribution is 5.70. The first kappa shape index (κ1) is 16.7. The summed E-state index contributed by atoms with van der Waals surface area (Å²) < 4.78 is 7.73. The van der Waals surface area contributed by atoms with Gasteiger partial charge in [-0.1, -0.05) is 0 Å². The molecule has 5 rings (SSSR count). The summed E-state index contributed by atoms with van der Waals surface area (Å²) in [5.74, 6) is 1.10. The smallest absolute Gasteiger partial charge is 0.237 e. The molecule has 3 N–H and O–H groups in total. The molecule has 1 aliphatic carbocycles. The van der Waals surface area contributed by atoms with E-state index >= 15 is 0 Å². The summed E-state index contributed by atoms with van der Waals surface area (Å²) in [6.45, 7) is 0. The van der Waals surface area contributed by atoms with Crippen molar-refractivity contribution in [2.24, 2.45) is 5.73 Å². The second-order valence-electron chi connectivity index (χ2n) is 6.87. The molecule has 4 aromatic rings. The van der Waals surface area contributed by atoms with Crippen LogP contribution in [0.3, 0.4) is 0 Å². The van der Waals surface area contributed by atoms with Crippen LogP contribution in [0.2, 0.25) is 0 Å². The predicted molar refractivity (Wildman–Crippen MR) is 101 cm³/mol. The van der Waals surface area contributed by atoms with Gasteiger partial charge in [0.1, 0.15) is 11.9 Å². The highest BCUT2D eigenvalue weighted by Crippen LogP contribution is 2.30. The van der Waals surface area contributed by atoms with Gasteiger partial charge in [-0.2, -0.15) is 20.0 Å². The molecule has 0 spiro atoms. The third-order valence-electron chi connectivity index (χ3n) is 4.98. The van der Waals surface area contributed by atoms with Gasteiger partial charge in [0.05, 0.1) is 23.8 Å². The molecule has 1 aliphatic rings. The molecule has 1 aromatic carbocycles. The average Bonchev–Trinajstić information content (AvgIpc) is 3.43. The summed E-state index contributed by atoms with van der Waals surface area (Å²) in [5.41, 5.74) is 7.94. The summed E-state index contributed by atoms with van der Waals surface area (Å²) in [7, 11) is 0. The molecule has 0 saturated heterocycles. The van der Waals surface area contributed by atoms with E-state index in [9.17, 15) is 5.11 Å². The zero-order valence-corrected chi connectivity index (χ0v) is 15.0. The predicted octanol–water partition coefficient (Wildman–Crippen LogP) is 1.94.